The van der Waals surface area contributed by atoms with Crippen molar-refractivity contribution in [2.75, 3.05) is 27.2 Å². The Morgan fingerprint density at radius 3 is 2.50 bits per heavy atom. The highest BCUT2D eigenvalue weighted by atomic mass is 15.1. The molecule has 1 aliphatic heterocycles. The standard InChI is InChI=1S/C6H14N2/c1-8(2)6-3-4-7-5-6/h6-7H,3-5H2,1-2H3/p+2/t6-/m0/s1. The molecule has 0 aliphatic carbocycles. The lowest BCUT2D eigenvalue weighted by Crippen LogP contribution is -3.11. The smallest absolute Gasteiger partial charge is 0.142 e. The van der Waals surface area contributed by atoms with Crippen LogP contribution in [0.1, 0.15) is 6.42 Å². The van der Waals surface area contributed by atoms with Crippen molar-refractivity contribution in [1.29, 1.82) is 0 Å². The maximum absolute atomic E-state index is 2.40. The lowest BCUT2D eigenvalue weighted by molar-refractivity contribution is -0.891. The summed E-state index contributed by atoms with van der Waals surface area (Å²) in [4.78, 5) is 1.61. The SMILES string of the molecule is C[NH+](C)[C@H]1CC[NH2+]C1. The highest BCUT2D eigenvalue weighted by Gasteiger charge is 2.22. The first-order valence-electron chi connectivity index (χ1n) is 3.42. The van der Waals surface area contributed by atoms with Crippen molar-refractivity contribution in [1.82, 2.24) is 0 Å². The lowest BCUT2D eigenvalue weighted by atomic mass is 10.2. The van der Waals surface area contributed by atoms with Crippen LogP contribution in [0.3, 0.4) is 0 Å². The first-order valence-corrected chi connectivity index (χ1v) is 3.42. The molecule has 2 heteroatoms. The molecule has 0 aromatic carbocycles. The van der Waals surface area contributed by atoms with E-state index in [-0.39, 0.29) is 0 Å². The monoisotopic (exact) mass is 116 g/mol. The molecule has 0 aromatic rings. The molecule has 3 N–H and O–H groups in total. The Morgan fingerprint density at radius 1 is 1.50 bits per heavy atom. The molecule has 1 atom stereocenters. The third kappa shape index (κ3) is 1.20. The van der Waals surface area contributed by atoms with E-state index >= 15 is 0 Å². The van der Waals surface area contributed by atoms with Crippen molar-refractivity contribution in [2.45, 2.75) is 12.5 Å². The van der Waals surface area contributed by atoms with Gasteiger partial charge in [0.15, 0.2) is 0 Å². The van der Waals surface area contributed by atoms with Crippen molar-refractivity contribution in [3.8, 4) is 0 Å². The Labute approximate surface area is 50.9 Å². The van der Waals surface area contributed by atoms with E-state index < -0.39 is 0 Å². The quantitative estimate of drug-likeness (QED) is 0.377. The van der Waals surface area contributed by atoms with Crippen LogP contribution < -0.4 is 10.2 Å². The molecule has 0 unspecified atom stereocenters. The molecular weight excluding hydrogens is 100 g/mol. The molecule has 0 aromatic heterocycles. The molecular formula is C6H16N2+2. The molecule has 1 heterocycles. The highest BCUT2D eigenvalue weighted by molar-refractivity contribution is 4.54. The van der Waals surface area contributed by atoms with E-state index in [2.05, 4.69) is 19.4 Å². The molecule has 0 radical (unpaired) electrons. The van der Waals surface area contributed by atoms with Gasteiger partial charge in [0.1, 0.15) is 12.6 Å². The molecule has 2 nitrogen and oxygen atoms in total. The van der Waals surface area contributed by atoms with Gasteiger partial charge >= 0.3 is 0 Å². The summed E-state index contributed by atoms with van der Waals surface area (Å²) in [7, 11) is 4.48. The Bertz CT molecular complexity index is 64.9. The van der Waals surface area contributed by atoms with E-state index in [1.807, 2.05) is 0 Å². The second kappa shape index (κ2) is 2.46. The molecule has 0 spiro atoms. The highest BCUT2D eigenvalue weighted by Crippen LogP contribution is 1.82. The van der Waals surface area contributed by atoms with Crippen molar-refractivity contribution >= 4 is 0 Å². The summed E-state index contributed by atoms with van der Waals surface area (Å²) in [5, 5.41) is 2.40. The van der Waals surface area contributed by atoms with Crippen LogP contribution in [0.4, 0.5) is 0 Å². The van der Waals surface area contributed by atoms with Crippen LogP contribution >= 0.6 is 0 Å². The number of rotatable bonds is 1. The fraction of sp³-hybridized carbons (Fsp3) is 1.00. The van der Waals surface area contributed by atoms with Gasteiger partial charge in [0.25, 0.3) is 0 Å². The summed E-state index contributed by atoms with van der Waals surface area (Å²) in [6.07, 6.45) is 1.41. The van der Waals surface area contributed by atoms with Crippen LogP contribution in [0.25, 0.3) is 0 Å². The minimum Gasteiger partial charge on any atom is -0.341 e. The molecule has 8 heavy (non-hydrogen) atoms. The van der Waals surface area contributed by atoms with E-state index in [9.17, 15) is 0 Å². The van der Waals surface area contributed by atoms with Crippen molar-refractivity contribution in [3.63, 3.8) is 0 Å². The molecule has 1 rings (SSSR count). The summed E-state index contributed by atoms with van der Waals surface area (Å²) >= 11 is 0. The molecule has 1 saturated heterocycles. The molecule has 48 valence electrons. The van der Waals surface area contributed by atoms with E-state index in [0.717, 1.165) is 6.04 Å². The normalized spacial score (nSPS) is 29.6. The summed E-state index contributed by atoms with van der Waals surface area (Å²) in [5.41, 5.74) is 0. The molecule has 1 fully saturated rings. The van der Waals surface area contributed by atoms with Gasteiger partial charge in [0, 0.05) is 0 Å². The molecule has 1 aliphatic rings. The van der Waals surface area contributed by atoms with Crippen molar-refractivity contribution < 1.29 is 10.2 Å². The number of hydrogen-bond acceptors (Lipinski definition) is 0. The van der Waals surface area contributed by atoms with Crippen LogP contribution in [-0.4, -0.2) is 33.2 Å². The predicted molar refractivity (Wildman–Crippen MR) is 32.9 cm³/mol. The van der Waals surface area contributed by atoms with Crippen molar-refractivity contribution in [2.24, 2.45) is 0 Å². The minimum absolute atomic E-state index is 0.926. The summed E-state index contributed by atoms with van der Waals surface area (Å²) < 4.78 is 0. The van der Waals surface area contributed by atoms with E-state index in [1.165, 1.54) is 19.5 Å². The van der Waals surface area contributed by atoms with Crippen LogP contribution in [0.5, 0.6) is 0 Å². The third-order valence-electron chi connectivity index (χ3n) is 1.99. The van der Waals surface area contributed by atoms with Crippen LogP contribution in [0, 0.1) is 0 Å². The second-order valence-corrected chi connectivity index (χ2v) is 2.88. The average Bonchev–Trinajstić information content (AvgIpc) is 2.12. The largest absolute Gasteiger partial charge is 0.341 e. The van der Waals surface area contributed by atoms with E-state index in [4.69, 9.17) is 0 Å². The summed E-state index contributed by atoms with van der Waals surface area (Å²) in [6.45, 7) is 2.68. The molecule has 0 bridgehead atoms. The Morgan fingerprint density at radius 2 is 2.25 bits per heavy atom. The van der Waals surface area contributed by atoms with Gasteiger partial charge in [-0.2, -0.15) is 0 Å². The zero-order valence-corrected chi connectivity index (χ0v) is 5.78. The fourth-order valence-corrected chi connectivity index (χ4v) is 1.28. The van der Waals surface area contributed by atoms with Gasteiger partial charge in [-0.1, -0.05) is 0 Å². The van der Waals surface area contributed by atoms with Crippen molar-refractivity contribution in [3.05, 3.63) is 0 Å². The fourth-order valence-electron chi connectivity index (χ4n) is 1.28. The minimum atomic E-state index is 0.926. The maximum Gasteiger partial charge on any atom is 0.142 e. The van der Waals surface area contributed by atoms with Gasteiger partial charge in [-0.3, -0.25) is 0 Å². The number of likely N-dealkylation sites (N-methyl/N-ethyl adjacent to an activating group) is 1. The Kier molecular flexibility index (Phi) is 1.86. The lowest BCUT2D eigenvalue weighted by Gasteiger charge is -2.11. The van der Waals surface area contributed by atoms with E-state index in [0.29, 0.717) is 0 Å². The van der Waals surface area contributed by atoms with Crippen LogP contribution in [0.15, 0.2) is 0 Å². The van der Waals surface area contributed by atoms with Gasteiger partial charge in [0.2, 0.25) is 0 Å². The summed E-state index contributed by atoms with van der Waals surface area (Å²) in [6, 6.07) is 0.926. The van der Waals surface area contributed by atoms with Gasteiger partial charge in [-0.05, 0) is 0 Å². The van der Waals surface area contributed by atoms with Gasteiger partial charge < -0.3 is 10.2 Å². The number of nitrogens with two attached hydrogens (primary N) is 1. The van der Waals surface area contributed by atoms with E-state index in [1.54, 1.807) is 4.90 Å². The average molecular weight is 116 g/mol. The maximum atomic E-state index is 2.40. The Balaban J connectivity index is 2.24. The summed E-state index contributed by atoms with van der Waals surface area (Å²) in [5.74, 6) is 0. The second-order valence-electron chi connectivity index (χ2n) is 2.88. The first kappa shape index (κ1) is 6.05. The van der Waals surface area contributed by atoms with Gasteiger partial charge in [-0.25, -0.2) is 0 Å². The first-order chi connectivity index (χ1) is 3.80. The number of quaternary nitrogens is 2. The van der Waals surface area contributed by atoms with Gasteiger partial charge in [0.05, 0.1) is 27.1 Å². The van der Waals surface area contributed by atoms with Crippen LogP contribution in [0.2, 0.25) is 0 Å². The zero-order valence-electron chi connectivity index (χ0n) is 5.78. The van der Waals surface area contributed by atoms with Crippen LogP contribution in [-0.2, 0) is 0 Å². The zero-order chi connectivity index (χ0) is 5.98. The molecule has 0 saturated carbocycles. The predicted octanol–water partition coefficient (Wildman–Crippen LogP) is -2.53. The Hall–Kier alpha value is -0.0800. The third-order valence-corrected chi connectivity index (χ3v) is 1.99. The van der Waals surface area contributed by atoms with Gasteiger partial charge in [-0.15, -0.1) is 0 Å². The molecule has 0 amide bonds. The number of hydrogen-bond donors (Lipinski definition) is 2. The topological polar surface area (TPSA) is 21.1 Å². The number of nitrogens with one attached hydrogen (secondary N) is 1.